The largest absolute Gasteiger partial charge is 0.496 e. The molecule has 1 N–H and O–H groups in total. The zero-order valence-corrected chi connectivity index (χ0v) is 17.3. The van der Waals surface area contributed by atoms with Crippen LogP contribution in [-0.4, -0.2) is 20.1 Å². The van der Waals surface area contributed by atoms with E-state index in [2.05, 4.69) is 26.1 Å². The SMILES string of the molecule is COc1cccc(OC)c1C(=O)NCc1cc(=O)oc2ccc(C(C)(C)C)cc12. The second-order valence-electron chi connectivity index (χ2n) is 7.77. The summed E-state index contributed by atoms with van der Waals surface area (Å²) in [6.07, 6.45) is 0. The van der Waals surface area contributed by atoms with Gasteiger partial charge in [-0.3, -0.25) is 4.79 Å². The van der Waals surface area contributed by atoms with E-state index in [-0.39, 0.29) is 17.9 Å². The number of amides is 1. The van der Waals surface area contributed by atoms with E-state index in [0.29, 0.717) is 28.2 Å². The first-order valence-electron chi connectivity index (χ1n) is 9.31. The van der Waals surface area contributed by atoms with E-state index in [9.17, 15) is 9.59 Å². The van der Waals surface area contributed by atoms with Crippen LogP contribution in [-0.2, 0) is 12.0 Å². The summed E-state index contributed by atoms with van der Waals surface area (Å²) >= 11 is 0. The number of hydrogen-bond donors (Lipinski definition) is 1. The lowest BCUT2D eigenvalue weighted by molar-refractivity contribution is 0.0944. The fraction of sp³-hybridized carbons (Fsp3) is 0.304. The Morgan fingerprint density at radius 1 is 1.03 bits per heavy atom. The molecule has 0 fully saturated rings. The Bertz CT molecular complexity index is 1090. The number of fused-ring (bicyclic) bond motifs is 1. The topological polar surface area (TPSA) is 77.8 Å². The van der Waals surface area contributed by atoms with E-state index in [1.165, 1.54) is 20.3 Å². The van der Waals surface area contributed by atoms with Crippen LogP contribution in [0.2, 0.25) is 0 Å². The van der Waals surface area contributed by atoms with Crippen LogP contribution < -0.4 is 20.4 Å². The summed E-state index contributed by atoms with van der Waals surface area (Å²) in [6.45, 7) is 6.50. The van der Waals surface area contributed by atoms with Crippen LogP contribution in [0.25, 0.3) is 11.0 Å². The lowest BCUT2D eigenvalue weighted by Gasteiger charge is -2.20. The van der Waals surface area contributed by atoms with Crippen LogP contribution in [0.1, 0.15) is 42.3 Å². The van der Waals surface area contributed by atoms with Crippen LogP contribution in [0, 0.1) is 0 Å². The van der Waals surface area contributed by atoms with Gasteiger partial charge in [0.2, 0.25) is 0 Å². The number of carbonyl (C=O) groups is 1. The van der Waals surface area contributed by atoms with Gasteiger partial charge in [-0.15, -0.1) is 0 Å². The molecule has 1 aromatic heterocycles. The average molecular weight is 395 g/mol. The van der Waals surface area contributed by atoms with Gasteiger partial charge in [0.05, 0.1) is 14.2 Å². The summed E-state index contributed by atoms with van der Waals surface area (Å²) in [7, 11) is 2.99. The third-order valence-corrected chi connectivity index (χ3v) is 4.79. The van der Waals surface area contributed by atoms with E-state index in [1.54, 1.807) is 24.3 Å². The summed E-state index contributed by atoms with van der Waals surface area (Å²) < 4.78 is 15.9. The van der Waals surface area contributed by atoms with Gasteiger partial charge in [-0.1, -0.05) is 32.9 Å². The predicted molar refractivity (Wildman–Crippen MR) is 112 cm³/mol. The van der Waals surface area contributed by atoms with Gasteiger partial charge >= 0.3 is 5.63 Å². The maximum absolute atomic E-state index is 12.9. The molecule has 6 heteroatoms. The van der Waals surface area contributed by atoms with Crippen molar-refractivity contribution in [1.82, 2.24) is 5.32 Å². The minimum atomic E-state index is -0.458. The third kappa shape index (κ3) is 4.26. The first kappa shape index (κ1) is 20.5. The summed E-state index contributed by atoms with van der Waals surface area (Å²) in [4.78, 5) is 24.8. The number of rotatable bonds is 5. The lowest BCUT2D eigenvalue weighted by atomic mass is 9.86. The molecule has 0 spiro atoms. The summed E-state index contributed by atoms with van der Waals surface area (Å²) in [6, 6.07) is 12.3. The van der Waals surface area contributed by atoms with Gasteiger partial charge in [-0.05, 0) is 40.8 Å². The van der Waals surface area contributed by atoms with Crippen molar-refractivity contribution in [2.45, 2.75) is 32.7 Å². The second kappa shape index (κ2) is 7.99. The van der Waals surface area contributed by atoms with E-state index in [4.69, 9.17) is 13.9 Å². The van der Waals surface area contributed by atoms with Crippen molar-refractivity contribution < 1.29 is 18.7 Å². The molecule has 0 aliphatic carbocycles. The molecule has 0 aliphatic rings. The average Bonchev–Trinajstić information content (AvgIpc) is 2.69. The molecule has 29 heavy (non-hydrogen) atoms. The molecule has 1 heterocycles. The molecule has 0 saturated carbocycles. The van der Waals surface area contributed by atoms with Crippen molar-refractivity contribution in [3.63, 3.8) is 0 Å². The first-order chi connectivity index (χ1) is 13.7. The maximum atomic E-state index is 12.9. The van der Waals surface area contributed by atoms with Gasteiger partial charge in [-0.2, -0.15) is 0 Å². The molecule has 2 aromatic carbocycles. The van der Waals surface area contributed by atoms with Crippen molar-refractivity contribution in [3.05, 3.63) is 69.6 Å². The van der Waals surface area contributed by atoms with Crippen molar-refractivity contribution in [2.24, 2.45) is 0 Å². The van der Waals surface area contributed by atoms with E-state index >= 15 is 0 Å². The number of carbonyl (C=O) groups excluding carboxylic acids is 1. The van der Waals surface area contributed by atoms with Gasteiger partial charge in [0.25, 0.3) is 5.91 Å². The Hall–Kier alpha value is -3.28. The summed E-state index contributed by atoms with van der Waals surface area (Å²) in [5, 5.41) is 3.66. The fourth-order valence-corrected chi connectivity index (χ4v) is 3.18. The minimum absolute atomic E-state index is 0.0599. The van der Waals surface area contributed by atoms with Gasteiger partial charge in [0, 0.05) is 18.0 Å². The van der Waals surface area contributed by atoms with Crippen LogP contribution in [0.4, 0.5) is 0 Å². The predicted octanol–water partition coefficient (Wildman–Crippen LogP) is 4.04. The van der Waals surface area contributed by atoms with Crippen LogP contribution >= 0.6 is 0 Å². The van der Waals surface area contributed by atoms with Crippen molar-refractivity contribution in [1.29, 1.82) is 0 Å². The standard InChI is InChI=1S/C23H25NO5/c1-23(2,3)15-9-10-17-16(12-15)14(11-20(25)29-17)13-24-22(26)21-18(27-4)7-6-8-19(21)28-5/h6-12H,13H2,1-5H3,(H,24,26). The van der Waals surface area contributed by atoms with E-state index in [1.807, 2.05) is 12.1 Å². The molecule has 1 amide bonds. The molecule has 6 nitrogen and oxygen atoms in total. The van der Waals surface area contributed by atoms with Gasteiger partial charge in [0.15, 0.2) is 0 Å². The number of nitrogens with one attached hydrogen (secondary N) is 1. The molecule has 0 saturated heterocycles. The zero-order valence-electron chi connectivity index (χ0n) is 17.3. The van der Waals surface area contributed by atoms with Crippen molar-refractivity contribution in [2.75, 3.05) is 14.2 Å². The van der Waals surface area contributed by atoms with Gasteiger partial charge in [0.1, 0.15) is 22.6 Å². The molecular formula is C23H25NO5. The van der Waals surface area contributed by atoms with Crippen LogP contribution in [0.15, 0.2) is 51.7 Å². The highest BCUT2D eigenvalue weighted by Gasteiger charge is 2.19. The van der Waals surface area contributed by atoms with Crippen LogP contribution in [0.5, 0.6) is 11.5 Å². The number of ether oxygens (including phenoxy) is 2. The molecule has 3 aromatic rings. The Morgan fingerprint density at radius 2 is 1.69 bits per heavy atom. The highest BCUT2D eigenvalue weighted by atomic mass is 16.5. The third-order valence-electron chi connectivity index (χ3n) is 4.79. The van der Waals surface area contributed by atoms with E-state index in [0.717, 1.165) is 10.9 Å². The maximum Gasteiger partial charge on any atom is 0.336 e. The quantitative estimate of drug-likeness (QED) is 0.660. The lowest BCUT2D eigenvalue weighted by Crippen LogP contribution is -2.24. The highest BCUT2D eigenvalue weighted by Crippen LogP contribution is 2.29. The van der Waals surface area contributed by atoms with Crippen molar-refractivity contribution in [3.8, 4) is 11.5 Å². The minimum Gasteiger partial charge on any atom is -0.496 e. The Kier molecular flexibility index (Phi) is 5.64. The second-order valence-corrected chi connectivity index (χ2v) is 7.77. The zero-order chi connectivity index (χ0) is 21.2. The molecule has 152 valence electrons. The highest BCUT2D eigenvalue weighted by molar-refractivity contribution is 5.99. The van der Waals surface area contributed by atoms with Crippen molar-refractivity contribution >= 4 is 16.9 Å². The molecular weight excluding hydrogens is 370 g/mol. The van der Waals surface area contributed by atoms with Gasteiger partial charge < -0.3 is 19.2 Å². The first-order valence-corrected chi connectivity index (χ1v) is 9.31. The Balaban J connectivity index is 1.97. The van der Waals surface area contributed by atoms with Crippen LogP contribution in [0.3, 0.4) is 0 Å². The summed E-state index contributed by atoms with van der Waals surface area (Å²) in [5.74, 6) is 0.469. The van der Waals surface area contributed by atoms with E-state index < -0.39 is 5.63 Å². The molecule has 0 bridgehead atoms. The number of benzene rings is 2. The molecule has 0 radical (unpaired) electrons. The fourth-order valence-electron chi connectivity index (χ4n) is 3.18. The molecule has 3 rings (SSSR count). The van der Waals surface area contributed by atoms with Gasteiger partial charge in [-0.25, -0.2) is 4.79 Å². The monoisotopic (exact) mass is 395 g/mol. The molecule has 0 unspecified atom stereocenters. The Labute approximate surface area is 169 Å². The number of hydrogen-bond acceptors (Lipinski definition) is 5. The number of methoxy groups -OCH3 is 2. The molecule has 0 atom stereocenters. The normalized spacial score (nSPS) is 11.3. The summed E-state index contributed by atoms with van der Waals surface area (Å²) in [5.41, 5.74) is 2.07. The smallest absolute Gasteiger partial charge is 0.336 e. The Morgan fingerprint density at radius 3 is 2.28 bits per heavy atom. The molecule has 0 aliphatic heterocycles.